The number of benzene rings is 1. The van der Waals surface area contributed by atoms with Crippen LogP contribution in [0.1, 0.15) is 29.2 Å². The largest absolute Gasteiger partial charge is 0.354 e. The van der Waals surface area contributed by atoms with Gasteiger partial charge in [0.25, 0.3) is 0 Å². The molecule has 0 bridgehead atoms. The third-order valence-electron chi connectivity index (χ3n) is 3.52. The summed E-state index contributed by atoms with van der Waals surface area (Å²) in [6, 6.07) is 4.64. The van der Waals surface area contributed by atoms with E-state index in [1.807, 2.05) is 0 Å². The van der Waals surface area contributed by atoms with Gasteiger partial charge in [0.05, 0.1) is 6.04 Å². The van der Waals surface area contributed by atoms with Crippen LogP contribution in [0, 0.1) is 20.8 Å². The highest BCUT2D eigenvalue weighted by Crippen LogP contribution is 2.19. The van der Waals surface area contributed by atoms with Crippen LogP contribution in [0.4, 0.5) is 0 Å². The monoisotopic (exact) mass is 265 g/mol. The molecule has 1 aromatic carbocycles. The van der Waals surface area contributed by atoms with Crippen molar-refractivity contribution in [1.29, 1.82) is 0 Å². The van der Waals surface area contributed by atoms with Gasteiger partial charge in [-0.15, -0.1) is 0 Å². The third-order valence-corrected chi connectivity index (χ3v) is 3.52. The zero-order valence-corrected chi connectivity index (χ0v) is 13.0. The highest BCUT2D eigenvalue weighted by Gasteiger charge is 2.21. The molecule has 0 saturated heterocycles. The minimum Gasteiger partial charge on any atom is -0.354 e. The molecule has 0 aromatic heterocycles. The normalized spacial score (nSPS) is 13.0. The first-order chi connectivity index (χ1) is 9.03. The lowest BCUT2D eigenvalue weighted by Gasteiger charge is -2.27. The van der Waals surface area contributed by atoms with E-state index in [0.29, 0.717) is 0 Å². The van der Waals surface area contributed by atoms with Gasteiger partial charge in [0.15, 0.2) is 6.29 Å². The molecule has 108 valence electrons. The first kappa shape index (κ1) is 16.2. The second-order valence-corrected chi connectivity index (χ2v) is 5.09. The smallest absolute Gasteiger partial charge is 0.172 e. The van der Waals surface area contributed by atoms with Crippen molar-refractivity contribution in [1.82, 2.24) is 5.32 Å². The highest BCUT2D eigenvalue weighted by atomic mass is 16.7. The Balaban J connectivity index is 2.96. The van der Waals surface area contributed by atoms with Crippen LogP contribution in [-0.2, 0) is 15.9 Å². The van der Waals surface area contributed by atoms with E-state index in [4.69, 9.17) is 9.47 Å². The first-order valence-corrected chi connectivity index (χ1v) is 6.89. The van der Waals surface area contributed by atoms with Crippen LogP contribution in [0.5, 0.6) is 0 Å². The molecule has 0 spiro atoms. The average Bonchev–Trinajstić information content (AvgIpc) is 2.34. The van der Waals surface area contributed by atoms with Crippen molar-refractivity contribution in [3.8, 4) is 0 Å². The van der Waals surface area contributed by atoms with Crippen molar-refractivity contribution in [2.45, 2.75) is 46.4 Å². The van der Waals surface area contributed by atoms with Gasteiger partial charge in [-0.05, 0) is 50.4 Å². The molecular weight excluding hydrogens is 238 g/mol. The van der Waals surface area contributed by atoms with Gasteiger partial charge in [-0.2, -0.15) is 0 Å². The lowest BCUT2D eigenvalue weighted by atomic mass is 9.94. The fourth-order valence-electron chi connectivity index (χ4n) is 2.70. The van der Waals surface area contributed by atoms with Crippen LogP contribution in [-0.4, -0.2) is 33.1 Å². The quantitative estimate of drug-likeness (QED) is 0.769. The number of rotatable bonds is 7. The standard InChI is InChI=1S/C16H27NO2/c1-7-17-15(16(18-5)19-6)10-14-12(3)8-11(2)9-13(14)4/h8-9,15-17H,7,10H2,1-6H3. The predicted octanol–water partition coefficient (Wildman–Crippen LogP) is 2.75. The number of nitrogens with one attached hydrogen (secondary N) is 1. The average molecular weight is 265 g/mol. The molecule has 0 aliphatic heterocycles. The molecule has 0 radical (unpaired) electrons. The Kier molecular flexibility index (Phi) is 6.49. The Hall–Kier alpha value is -0.900. The number of aryl methyl sites for hydroxylation is 3. The summed E-state index contributed by atoms with van der Waals surface area (Å²) in [7, 11) is 3.38. The van der Waals surface area contributed by atoms with E-state index < -0.39 is 0 Å². The summed E-state index contributed by atoms with van der Waals surface area (Å²) in [5.74, 6) is 0. The molecule has 0 fully saturated rings. The molecule has 3 nitrogen and oxygen atoms in total. The van der Waals surface area contributed by atoms with Gasteiger partial charge in [-0.3, -0.25) is 0 Å². The molecule has 1 unspecified atom stereocenters. The van der Waals surface area contributed by atoms with E-state index in [9.17, 15) is 0 Å². The summed E-state index contributed by atoms with van der Waals surface area (Å²) in [6.07, 6.45) is 0.693. The number of ether oxygens (including phenoxy) is 2. The van der Waals surface area contributed by atoms with Crippen LogP contribution in [0.25, 0.3) is 0 Å². The van der Waals surface area contributed by atoms with E-state index in [-0.39, 0.29) is 12.3 Å². The van der Waals surface area contributed by atoms with Crippen LogP contribution in [0.15, 0.2) is 12.1 Å². The van der Waals surface area contributed by atoms with E-state index >= 15 is 0 Å². The molecule has 19 heavy (non-hydrogen) atoms. The molecule has 0 saturated carbocycles. The number of likely N-dealkylation sites (N-methyl/N-ethyl adjacent to an activating group) is 1. The van der Waals surface area contributed by atoms with Gasteiger partial charge in [0.1, 0.15) is 0 Å². The summed E-state index contributed by atoms with van der Waals surface area (Å²) in [5, 5.41) is 3.45. The van der Waals surface area contributed by atoms with E-state index in [0.717, 1.165) is 13.0 Å². The van der Waals surface area contributed by atoms with Gasteiger partial charge in [-0.1, -0.05) is 24.6 Å². The Bertz CT molecular complexity index is 377. The van der Waals surface area contributed by atoms with Crippen molar-refractivity contribution in [3.63, 3.8) is 0 Å². The molecule has 3 heteroatoms. The van der Waals surface area contributed by atoms with Crippen LogP contribution < -0.4 is 5.32 Å². The van der Waals surface area contributed by atoms with Crippen LogP contribution in [0.2, 0.25) is 0 Å². The summed E-state index contributed by atoms with van der Waals surface area (Å²) < 4.78 is 10.8. The maximum absolute atomic E-state index is 5.41. The van der Waals surface area contributed by atoms with E-state index in [1.54, 1.807) is 14.2 Å². The van der Waals surface area contributed by atoms with Crippen LogP contribution >= 0.6 is 0 Å². The van der Waals surface area contributed by atoms with Crippen LogP contribution in [0.3, 0.4) is 0 Å². The Morgan fingerprint density at radius 3 is 2.00 bits per heavy atom. The van der Waals surface area contributed by atoms with Crippen molar-refractivity contribution >= 4 is 0 Å². The molecule has 0 amide bonds. The molecule has 1 atom stereocenters. The van der Waals surface area contributed by atoms with Crippen molar-refractivity contribution < 1.29 is 9.47 Å². The van der Waals surface area contributed by atoms with E-state index in [1.165, 1.54) is 22.3 Å². The predicted molar refractivity (Wildman–Crippen MR) is 79.6 cm³/mol. The Morgan fingerprint density at radius 1 is 1.05 bits per heavy atom. The summed E-state index contributed by atoms with van der Waals surface area (Å²) in [5.41, 5.74) is 5.38. The number of methoxy groups -OCH3 is 2. The topological polar surface area (TPSA) is 30.5 Å². The van der Waals surface area contributed by atoms with Crippen molar-refractivity contribution in [2.24, 2.45) is 0 Å². The fourth-order valence-corrected chi connectivity index (χ4v) is 2.70. The van der Waals surface area contributed by atoms with Gasteiger partial charge >= 0.3 is 0 Å². The summed E-state index contributed by atoms with van der Waals surface area (Å²) in [6.45, 7) is 9.49. The maximum atomic E-state index is 5.41. The molecule has 1 aromatic rings. The molecule has 0 aliphatic carbocycles. The fraction of sp³-hybridized carbons (Fsp3) is 0.625. The zero-order chi connectivity index (χ0) is 14.4. The van der Waals surface area contributed by atoms with Gasteiger partial charge in [0.2, 0.25) is 0 Å². The van der Waals surface area contributed by atoms with Gasteiger partial charge in [0, 0.05) is 14.2 Å². The first-order valence-electron chi connectivity index (χ1n) is 6.89. The second-order valence-electron chi connectivity index (χ2n) is 5.09. The molecule has 0 aliphatic rings. The second kappa shape index (κ2) is 7.63. The molecule has 0 heterocycles. The SMILES string of the molecule is CCNC(Cc1c(C)cc(C)cc1C)C(OC)OC. The Labute approximate surface area is 117 Å². The van der Waals surface area contributed by atoms with Crippen molar-refractivity contribution in [2.75, 3.05) is 20.8 Å². The summed E-state index contributed by atoms with van der Waals surface area (Å²) >= 11 is 0. The molecule has 1 rings (SSSR count). The van der Waals surface area contributed by atoms with Crippen molar-refractivity contribution in [3.05, 3.63) is 34.4 Å². The minimum atomic E-state index is -0.222. The number of hydrogen-bond acceptors (Lipinski definition) is 3. The van der Waals surface area contributed by atoms with E-state index in [2.05, 4.69) is 45.1 Å². The minimum absolute atomic E-state index is 0.167. The highest BCUT2D eigenvalue weighted by molar-refractivity contribution is 5.38. The maximum Gasteiger partial charge on any atom is 0.172 e. The van der Waals surface area contributed by atoms with Gasteiger partial charge < -0.3 is 14.8 Å². The lowest BCUT2D eigenvalue weighted by molar-refractivity contribution is -0.122. The molecule has 1 N–H and O–H groups in total. The molecular formula is C16H27NO2. The summed E-state index contributed by atoms with van der Waals surface area (Å²) in [4.78, 5) is 0. The third kappa shape index (κ3) is 4.30. The Morgan fingerprint density at radius 2 is 1.58 bits per heavy atom. The van der Waals surface area contributed by atoms with Gasteiger partial charge in [-0.25, -0.2) is 0 Å². The number of hydrogen-bond donors (Lipinski definition) is 1. The zero-order valence-electron chi connectivity index (χ0n) is 13.0. The lowest BCUT2D eigenvalue weighted by Crippen LogP contribution is -2.43.